The molecule has 25 heavy (non-hydrogen) atoms. The second kappa shape index (κ2) is 7.33. The van der Waals surface area contributed by atoms with Crippen molar-refractivity contribution in [3.8, 4) is 11.5 Å². The van der Waals surface area contributed by atoms with Crippen LogP contribution in [0, 0.1) is 0 Å². The molecule has 0 radical (unpaired) electrons. The molecular formula is C18H21N3O3S. The SMILES string of the molecule is CCN1C(=Nc2cccnc2)SCC1(O)c1ccc(OC)c(OC)c1. The van der Waals surface area contributed by atoms with E-state index in [2.05, 4.69) is 9.98 Å². The molecule has 2 aromatic rings. The minimum absolute atomic E-state index is 0.482. The van der Waals surface area contributed by atoms with Crippen LogP contribution in [0.5, 0.6) is 11.5 Å². The molecule has 2 heterocycles. The summed E-state index contributed by atoms with van der Waals surface area (Å²) in [6.07, 6.45) is 3.41. The molecule has 0 amide bonds. The Balaban J connectivity index is 1.97. The van der Waals surface area contributed by atoms with E-state index in [-0.39, 0.29) is 0 Å². The molecule has 0 aliphatic carbocycles. The van der Waals surface area contributed by atoms with Gasteiger partial charge >= 0.3 is 0 Å². The fraction of sp³-hybridized carbons (Fsp3) is 0.333. The molecule has 1 fully saturated rings. The Morgan fingerprint density at radius 1 is 1.28 bits per heavy atom. The van der Waals surface area contributed by atoms with Gasteiger partial charge in [-0.2, -0.15) is 0 Å². The van der Waals surface area contributed by atoms with Gasteiger partial charge in [0.25, 0.3) is 0 Å². The zero-order valence-corrected chi connectivity index (χ0v) is 15.3. The fourth-order valence-corrected chi connectivity index (χ4v) is 4.08. The number of hydrogen-bond donors (Lipinski definition) is 1. The first-order chi connectivity index (χ1) is 12.1. The number of ether oxygens (including phenoxy) is 2. The molecule has 132 valence electrons. The van der Waals surface area contributed by atoms with Gasteiger partial charge in [-0.15, -0.1) is 0 Å². The first-order valence-electron chi connectivity index (χ1n) is 7.96. The number of aliphatic imine (C=N–C) groups is 1. The molecule has 1 atom stereocenters. The smallest absolute Gasteiger partial charge is 0.175 e. The van der Waals surface area contributed by atoms with E-state index in [0.29, 0.717) is 23.8 Å². The number of benzene rings is 1. The Morgan fingerprint density at radius 2 is 2.08 bits per heavy atom. The monoisotopic (exact) mass is 359 g/mol. The van der Waals surface area contributed by atoms with Crippen LogP contribution in [0.2, 0.25) is 0 Å². The lowest BCUT2D eigenvalue weighted by Crippen LogP contribution is -2.44. The largest absolute Gasteiger partial charge is 0.493 e. The second-order valence-corrected chi connectivity index (χ2v) is 6.47. The van der Waals surface area contributed by atoms with Crippen LogP contribution in [0.3, 0.4) is 0 Å². The van der Waals surface area contributed by atoms with Gasteiger partial charge in [-0.1, -0.05) is 17.8 Å². The summed E-state index contributed by atoms with van der Waals surface area (Å²) < 4.78 is 10.7. The molecule has 1 aromatic heterocycles. The summed E-state index contributed by atoms with van der Waals surface area (Å²) in [7, 11) is 3.18. The predicted molar refractivity (Wildman–Crippen MR) is 99.6 cm³/mol. The van der Waals surface area contributed by atoms with Crippen LogP contribution in [0.1, 0.15) is 12.5 Å². The van der Waals surface area contributed by atoms with E-state index in [4.69, 9.17) is 9.47 Å². The average molecular weight is 359 g/mol. The summed E-state index contributed by atoms with van der Waals surface area (Å²) in [4.78, 5) is 10.6. The lowest BCUT2D eigenvalue weighted by molar-refractivity contribution is -0.0453. The Morgan fingerprint density at radius 3 is 2.72 bits per heavy atom. The molecule has 1 unspecified atom stereocenters. The second-order valence-electron chi connectivity index (χ2n) is 5.52. The highest BCUT2D eigenvalue weighted by Crippen LogP contribution is 2.42. The van der Waals surface area contributed by atoms with Crippen LogP contribution < -0.4 is 9.47 Å². The number of aliphatic hydroxyl groups is 1. The number of thioether (sulfide) groups is 1. The number of rotatable bonds is 5. The topological polar surface area (TPSA) is 67.2 Å². The molecule has 1 aliphatic heterocycles. The van der Waals surface area contributed by atoms with Crippen LogP contribution in [-0.4, -0.2) is 46.7 Å². The van der Waals surface area contributed by atoms with E-state index in [1.54, 1.807) is 32.7 Å². The Kier molecular flexibility index (Phi) is 5.15. The zero-order chi connectivity index (χ0) is 17.9. The van der Waals surface area contributed by atoms with E-state index in [0.717, 1.165) is 16.4 Å². The summed E-state index contributed by atoms with van der Waals surface area (Å²) in [5.41, 5.74) is 0.357. The molecule has 7 heteroatoms. The van der Waals surface area contributed by atoms with E-state index >= 15 is 0 Å². The van der Waals surface area contributed by atoms with Crippen molar-refractivity contribution in [1.29, 1.82) is 0 Å². The molecule has 0 bridgehead atoms. The molecule has 1 aromatic carbocycles. The molecule has 6 nitrogen and oxygen atoms in total. The van der Waals surface area contributed by atoms with Gasteiger partial charge in [0.2, 0.25) is 0 Å². The van der Waals surface area contributed by atoms with Crippen molar-refractivity contribution in [2.75, 3.05) is 26.5 Å². The molecule has 1 aliphatic rings. The third kappa shape index (κ3) is 3.29. The quantitative estimate of drug-likeness (QED) is 0.885. The summed E-state index contributed by atoms with van der Waals surface area (Å²) in [6.45, 7) is 2.62. The summed E-state index contributed by atoms with van der Waals surface area (Å²) in [5.74, 6) is 1.70. The number of aromatic nitrogens is 1. The summed E-state index contributed by atoms with van der Waals surface area (Å²) >= 11 is 1.52. The van der Waals surface area contributed by atoms with Crippen molar-refractivity contribution in [2.24, 2.45) is 4.99 Å². The van der Waals surface area contributed by atoms with Gasteiger partial charge in [-0.25, -0.2) is 4.99 Å². The van der Waals surface area contributed by atoms with Crippen molar-refractivity contribution in [3.63, 3.8) is 0 Å². The predicted octanol–water partition coefficient (Wildman–Crippen LogP) is 3.00. The van der Waals surface area contributed by atoms with E-state index in [9.17, 15) is 5.11 Å². The van der Waals surface area contributed by atoms with Crippen molar-refractivity contribution in [1.82, 2.24) is 9.88 Å². The normalized spacial score (nSPS) is 21.6. The van der Waals surface area contributed by atoms with Crippen molar-refractivity contribution < 1.29 is 14.6 Å². The standard InChI is InChI=1S/C18H21N3O3S/c1-4-21-17(20-14-6-5-9-19-11-14)25-12-18(21,22)13-7-8-15(23-2)16(10-13)24-3/h5-11,22H,4,12H2,1-3H3. The number of amidine groups is 1. The minimum atomic E-state index is -1.15. The summed E-state index contributed by atoms with van der Waals surface area (Å²) in [5, 5.41) is 12.1. The van der Waals surface area contributed by atoms with Gasteiger partial charge in [0, 0.05) is 18.3 Å². The zero-order valence-electron chi connectivity index (χ0n) is 14.5. The fourth-order valence-electron chi connectivity index (χ4n) is 2.82. The lowest BCUT2D eigenvalue weighted by Gasteiger charge is -2.34. The summed E-state index contributed by atoms with van der Waals surface area (Å²) in [6, 6.07) is 9.21. The van der Waals surface area contributed by atoms with Crippen LogP contribution in [0.25, 0.3) is 0 Å². The average Bonchev–Trinajstić information content (AvgIpc) is 2.98. The Hall–Kier alpha value is -2.25. The maximum absolute atomic E-state index is 11.4. The highest BCUT2D eigenvalue weighted by Gasteiger charge is 2.44. The van der Waals surface area contributed by atoms with Gasteiger partial charge in [-0.3, -0.25) is 4.98 Å². The van der Waals surface area contributed by atoms with E-state index < -0.39 is 5.72 Å². The van der Waals surface area contributed by atoms with Gasteiger partial charge in [0.15, 0.2) is 22.4 Å². The van der Waals surface area contributed by atoms with Crippen molar-refractivity contribution in [2.45, 2.75) is 12.6 Å². The first-order valence-corrected chi connectivity index (χ1v) is 8.95. The molecule has 0 saturated carbocycles. The van der Waals surface area contributed by atoms with Crippen LogP contribution in [-0.2, 0) is 5.72 Å². The highest BCUT2D eigenvalue weighted by atomic mass is 32.2. The molecular weight excluding hydrogens is 338 g/mol. The van der Waals surface area contributed by atoms with E-state index in [1.807, 2.05) is 36.1 Å². The number of methoxy groups -OCH3 is 2. The number of hydrogen-bond acceptors (Lipinski definition) is 6. The van der Waals surface area contributed by atoms with Gasteiger partial charge in [0.1, 0.15) is 0 Å². The van der Waals surface area contributed by atoms with Crippen molar-refractivity contribution >= 4 is 22.6 Å². The Bertz CT molecular complexity index is 769. The third-order valence-electron chi connectivity index (χ3n) is 4.11. The van der Waals surface area contributed by atoms with Gasteiger partial charge in [0.05, 0.1) is 31.9 Å². The molecule has 0 spiro atoms. The Labute approximate surface area is 151 Å². The molecule has 1 N–H and O–H groups in total. The number of pyridine rings is 1. The number of nitrogens with zero attached hydrogens (tertiary/aromatic N) is 3. The first kappa shape index (κ1) is 17.6. The van der Waals surface area contributed by atoms with Gasteiger partial charge < -0.3 is 19.5 Å². The van der Waals surface area contributed by atoms with Crippen LogP contribution in [0.15, 0.2) is 47.7 Å². The molecule has 3 rings (SSSR count). The van der Waals surface area contributed by atoms with Crippen LogP contribution >= 0.6 is 11.8 Å². The lowest BCUT2D eigenvalue weighted by atomic mass is 10.0. The third-order valence-corrected chi connectivity index (χ3v) is 5.23. The van der Waals surface area contributed by atoms with Crippen LogP contribution in [0.4, 0.5) is 5.69 Å². The minimum Gasteiger partial charge on any atom is -0.493 e. The van der Waals surface area contributed by atoms with Gasteiger partial charge in [-0.05, 0) is 31.2 Å². The maximum atomic E-state index is 11.4. The molecule has 1 saturated heterocycles. The maximum Gasteiger partial charge on any atom is 0.175 e. The highest BCUT2D eigenvalue weighted by molar-refractivity contribution is 8.14. The van der Waals surface area contributed by atoms with Crippen molar-refractivity contribution in [3.05, 3.63) is 48.3 Å². The van der Waals surface area contributed by atoms with E-state index in [1.165, 1.54) is 11.8 Å².